The van der Waals surface area contributed by atoms with Crippen molar-refractivity contribution in [3.8, 4) is 0 Å². The van der Waals surface area contributed by atoms with E-state index >= 15 is 0 Å². The molecular weight excluding hydrogens is 171 g/mol. The van der Waals surface area contributed by atoms with Gasteiger partial charge in [-0.15, -0.1) is 0 Å². The summed E-state index contributed by atoms with van der Waals surface area (Å²) < 4.78 is 0. The van der Waals surface area contributed by atoms with Crippen molar-refractivity contribution in [1.29, 1.82) is 0 Å². The van der Waals surface area contributed by atoms with Crippen LogP contribution < -0.4 is 0 Å². The molecule has 0 saturated heterocycles. The van der Waals surface area contributed by atoms with Gasteiger partial charge in [0.25, 0.3) is 0 Å². The topological polar surface area (TPSA) is 0 Å². The van der Waals surface area contributed by atoms with Crippen molar-refractivity contribution in [1.82, 2.24) is 0 Å². The van der Waals surface area contributed by atoms with E-state index in [-0.39, 0.29) is 0 Å². The van der Waals surface area contributed by atoms with E-state index in [2.05, 4.69) is 29.1 Å². The molecule has 0 atom stereocenters. The predicted molar refractivity (Wildman–Crippen MR) is 38.5 cm³/mol. The van der Waals surface area contributed by atoms with Gasteiger partial charge in [0.1, 0.15) is 0 Å². The van der Waals surface area contributed by atoms with Gasteiger partial charge in [-0.3, -0.25) is 0 Å². The fourth-order valence-electron chi connectivity index (χ4n) is 0.0891. The van der Waals surface area contributed by atoms with Crippen LogP contribution in [0.3, 0.4) is 0 Å². The molecule has 0 amide bonds. The van der Waals surface area contributed by atoms with Crippen LogP contribution in [0.15, 0.2) is 0 Å². The average Bonchev–Trinajstić information content (AvgIpc) is 1.41. The standard InChI is InChI=1S/CH4B3I/c1-2-3-4-5/h4H,1H3. The van der Waals surface area contributed by atoms with Gasteiger partial charge in [0.2, 0.25) is 0 Å². The Balaban J connectivity index is 2.62. The van der Waals surface area contributed by atoms with Gasteiger partial charge in [-0.25, -0.2) is 0 Å². The van der Waals surface area contributed by atoms with E-state index in [0.717, 1.165) is 5.03 Å². The molecule has 0 fully saturated rings. The summed E-state index contributed by atoms with van der Waals surface area (Å²) in [5.41, 5.74) is 0. The molecule has 0 heterocycles. The summed E-state index contributed by atoms with van der Waals surface area (Å²) in [4.78, 5) is 0. The van der Waals surface area contributed by atoms with E-state index in [0.29, 0.717) is 0 Å². The number of hydrogen-bond donors (Lipinski definition) is 0. The second kappa shape index (κ2) is 4.92. The Bertz CT molecular complexity index is 33.9. The van der Waals surface area contributed by atoms with E-state index < -0.39 is 0 Å². The summed E-state index contributed by atoms with van der Waals surface area (Å²) in [6.07, 6.45) is 0. The van der Waals surface area contributed by atoms with Crippen LogP contribution in [-0.4, -0.2) is 18.5 Å². The monoisotopic (exact) mass is 176 g/mol. The zero-order valence-corrected chi connectivity index (χ0v) is 5.40. The Morgan fingerprint density at radius 1 is 1.80 bits per heavy atom. The maximum atomic E-state index is 2.30. The predicted octanol–water partition coefficient (Wildman–Crippen LogP) is 0.0594. The zero-order valence-electron chi connectivity index (χ0n) is 3.24. The fraction of sp³-hybridized carbons (Fsp3) is 1.00. The van der Waals surface area contributed by atoms with Gasteiger partial charge < -0.3 is 0 Å². The molecule has 0 aliphatic carbocycles. The summed E-state index contributed by atoms with van der Waals surface area (Å²) in [5.74, 6) is 0. The molecule has 4 heteroatoms. The van der Waals surface area contributed by atoms with Gasteiger partial charge in [0.05, 0.1) is 0 Å². The number of hydrogen-bond acceptors (Lipinski definition) is 0. The third-order valence-corrected chi connectivity index (χ3v) is 0.833. The molecule has 0 aliphatic heterocycles. The average molecular weight is 175 g/mol. The molecule has 0 aromatic carbocycles. The first-order valence-corrected chi connectivity index (χ1v) is 3.11. The van der Waals surface area contributed by atoms with Gasteiger partial charge in [-0.1, -0.05) is 0 Å². The second-order valence-electron chi connectivity index (χ2n) is 0.723. The van der Waals surface area contributed by atoms with Crippen molar-refractivity contribution in [2.75, 3.05) is 0 Å². The van der Waals surface area contributed by atoms with Gasteiger partial charge in [-0.05, 0) is 0 Å². The summed E-state index contributed by atoms with van der Waals surface area (Å²) in [5, 5.41) is 1.13. The van der Waals surface area contributed by atoms with E-state index in [1.807, 2.05) is 13.6 Å². The molecule has 0 bridgehead atoms. The molecule has 0 unspecified atom stereocenters. The van der Waals surface area contributed by atoms with E-state index in [4.69, 9.17) is 0 Å². The van der Waals surface area contributed by atoms with Gasteiger partial charge >= 0.3 is 47.7 Å². The molecule has 0 N–H and O–H groups in total. The summed E-state index contributed by atoms with van der Waals surface area (Å²) in [6, 6.07) is 0. The minimum atomic E-state index is 1.13. The van der Waals surface area contributed by atoms with Gasteiger partial charge in [0.15, 0.2) is 0 Å². The molecule has 0 aromatic heterocycles. The SMILES string of the molecule is CB=BBI. The van der Waals surface area contributed by atoms with Crippen LogP contribution in [0.4, 0.5) is 0 Å². The molecular formula is CH4B3I. The number of rotatable bonds is 1. The summed E-state index contributed by atoms with van der Waals surface area (Å²) in [6.45, 7) is 6.19. The fourth-order valence-corrected chi connectivity index (χ4v) is 0.598. The molecule has 0 radical (unpaired) electrons. The molecule has 24 valence electrons. The molecule has 5 heavy (non-hydrogen) atoms. The van der Waals surface area contributed by atoms with Crippen molar-refractivity contribution in [3.63, 3.8) is 0 Å². The third-order valence-electron chi connectivity index (χ3n) is 0.325. The first-order chi connectivity index (χ1) is 2.41. The van der Waals surface area contributed by atoms with Crippen LogP contribution in [0, 0.1) is 0 Å². The van der Waals surface area contributed by atoms with Crippen LogP contribution in [0.1, 0.15) is 0 Å². The molecule has 0 rings (SSSR count). The Kier molecular flexibility index (Phi) is 5.84. The molecule has 0 saturated carbocycles. The summed E-state index contributed by atoms with van der Waals surface area (Å²) >= 11 is 2.30. The van der Waals surface area contributed by atoms with Crippen molar-refractivity contribution in [2.45, 2.75) is 6.82 Å². The molecule has 0 aliphatic rings. The zero-order chi connectivity index (χ0) is 4.12. The quantitative estimate of drug-likeness (QED) is 0.390. The van der Waals surface area contributed by atoms with Crippen LogP contribution in [-0.2, 0) is 0 Å². The molecule has 0 nitrogen and oxygen atoms in total. The van der Waals surface area contributed by atoms with E-state index in [9.17, 15) is 0 Å². The van der Waals surface area contributed by atoms with Crippen molar-refractivity contribution in [2.24, 2.45) is 0 Å². The minimum absolute atomic E-state index is 1.13. The molecule has 0 aromatic rings. The Morgan fingerprint density at radius 2 is 2.40 bits per heavy atom. The van der Waals surface area contributed by atoms with Gasteiger partial charge in [-0.2, -0.15) is 0 Å². The normalized spacial score (nSPS) is 6.00. The van der Waals surface area contributed by atoms with Crippen LogP contribution in [0.5, 0.6) is 0 Å². The Morgan fingerprint density at radius 3 is 2.40 bits per heavy atom. The maximum absolute atomic E-state index is 2.30. The second-order valence-corrected chi connectivity index (χ2v) is 1.60. The van der Waals surface area contributed by atoms with E-state index in [1.165, 1.54) is 0 Å². The Labute approximate surface area is 47.9 Å². The summed E-state index contributed by atoms with van der Waals surface area (Å²) in [7, 11) is 0. The van der Waals surface area contributed by atoms with Crippen LogP contribution >= 0.6 is 22.4 Å². The van der Waals surface area contributed by atoms with Crippen LogP contribution in [0.25, 0.3) is 0 Å². The van der Waals surface area contributed by atoms with E-state index in [1.54, 1.807) is 0 Å². The van der Waals surface area contributed by atoms with Crippen molar-refractivity contribution in [3.05, 3.63) is 0 Å². The Hall–Kier alpha value is 0.925. The first kappa shape index (κ1) is 5.92. The number of halogens is 1. The third kappa shape index (κ3) is 4.92. The van der Waals surface area contributed by atoms with Crippen molar-refractivity contribution >= 4 is 40.9 Å². The van der Waals surface area contributed by atoms with Gasteiger partial charge in [0, 0.05) is 0 Å². The van der Waals surface area contributed by atoms with Crippen molar-refractivity contribution < 1.29 is 0 Å². The first-order valence-electron chi connectivity index (χ1n) is 1.59. The molecule has 0 spiro atoms. The van der Waals surface area contributed by atoms with Crippen LogP contribution in [0.2, 0.25) is 6.82 Å².